The van der Waals surface area contributed by atoms with Gasteiger partial charge in [-0.1, -0.05) is 13.0 Å². The number of benzene rings is 1. The average molecular weight is 374 g/mol. The smallest absolute Gasteiger partial charge is 0.193 e. The van der Waals surface area contributed by atoms with Crippen LogP contribution in [-0.2, 0) is 13.0 Å². The molecule has 2 heterocycles. The SMILES string of the molecule is CN=C(NCC(C)c1cccs1)N1CCc2cc(OC)c(OC)cc2C1. The van der Waals surface area contributed by atoms with E-state index < -0.39 is 0 Å². The molecule has 0 amide bonds. The first kappa shape index (κ1) is 18.6. The normalized spacial score (nSPS) is 15.4. The van der Waals surface area contributed by atoms with Crippen LogP contribution in [0, 0.1) is 0 Å². The fourth-order valence-corrected chi connectivity index (χ4v) is 4.10. The zero-order valence-electron chi connectivity index (χ0n) is 15.9. The second-order valence-corrected chi connectivity index (χ2v) is 7.47. The van der Waals surface area contributed by atoms with E-state index in [9.17, 15) is 0 Å². The molecule has 1 unspecified atom stereocenters. The Balaban J connectivity index is 1.68. The van der Waals surface area contributed by atoms with Crippen LogP contribution in [0.15, 0.2) is 34.6 Å². The van der Waals surface area contributed by atoms with Crippen LogP contribution in [0.1, 0.15) is 28.8 Å². The number of hydrogen-bond acceptors (Lipinski definition) is 4. The van der Waals surface area contributed by atoms with E-state index in [4.69, 9.17) is 9.47 Å². The van der Waals surface area contributed by atoms with Gasteiger partial charge < -0.3 is 19.7 Å². The van der Waals surface area contributed by atoms with Gasteiger partial charge in [0, 0.05) is 37.5 Å². The van der Waals surface area contributed by atoms with Crippen LogP contribution < -0.4 is 14.8 Å². The largest absolute Gasteiger partial charge is 0.493 e. The number of methoxy groups -OCH3 is 2. The van der Waals surface area contributed by atoms with Crippen molar-refractivity contribution in [3.63, 3.8) is 0 Å². The van der Waals surface area contributed by atoms with Crippen molar-refractivity contribution < 1.29 is 9.47 Å². The molecule has 0 aliphatic carbocycles. The molecule has 3 rings (SSSR count). The summed E-state index contributed by atoms with van der Waals surface area (Å²) in [5, 5.41) is 5.66. The van der Waals surface area contributed by atoms with Crippen LogP contribution in [0.2, 0.25) is 0 Å². The molecular weight excluding hydrogens is 346 g/mol. The van der Waals surface area contributed by atoms with Crippen LogP contribution in [0.5, 0.6) is 11.5 Å². The van der Waals surface area contributed by atoms with E-state index in [0.29, 0.717) is 5.92 Å². The van der Waals surface area contributed by atoms with E-state index in [1.165, 1.54) is 16.0 Å². The standard InChI is InChI=1S/C20H27N3O2S/c1-14(19-6-5-9-26-19)12-22-20(21-2)23-8-7-15-10-17(24-3)18(25-4)11-16(15)13-23/h5-6,9-11,14H,7-8,12-13H2,1-4H3,(H,21,22). The Bertz CT molecular complexity index is 759. The maximum atomic E-state index is 5.46. The van der Waals surface area contributed by atoms with E-state index in [2.05, 4.69) is 51.8 Å². The van der Waals surface area contributed by atoms with Crippen molar-refractivity contribution in [2.75, 3.05) is 34.4 Å². The fraction of sp³-hybridized carbons (Fsp3) is 0.450. The molecule has 140 valence electrons. The van der Waals surface area contributed by atoms with Crippen molar-refractivity contribution in [1.82, 2.24) is 10.2 Å². The van der Waals surface area contributed by atoms with Crippen molar-refractivity contribution in [3.8, 4) is 11.5 Å². The van der Waals surface area contributed by atoms with Gasteiger partial charge in [0.15, 0.2) is 17.5 Å². The molecule has 0 bridgehead atoms. The number of hydrogen-bond donors (Lipinski definition) is 1. The van der Waals surface area contributed by atoms with Gasteiger partial charge in [-0.05, 0) is 41.1 Å². The van der Waals surface area contributed by atoms with Crippen LogP contribution in [0.4, 0.5) is 0 Å². The van der Waals surface area contributed by atoms with Crippen molar-refractivity contribution in [2.24, 2.45) is 4.99 Å². The average Bonchev–Trinajstić information content (AvgIpc) is 3.22. The van der Waals surface area contributed by atoms with E-state index in [1.807, 2.05) is 7.05 Å². The van der Waals surface area contributed by atoms with Gasteiger partial charge in [-0.3, -0.25) is 4.99 Å². The molecule has 1 N–H and O–H groups in total. The Kier molecular flexibility index (Phi) is 6.04. The van der Waals surface area contributed by atoms with Gasteiger partial charge in [-0.15, -0.1) is 11.3 Å². The highest BCUT2D eigenvalue weighted by Gasteiger charge is 2.22. The van der Waals surface area contributed by atoms with E-state index in [1.54, 1.807) is 25.6 Å². The summed E-state index contributed by atoms with van der Waals surface area (Å²) < 4.78 is 10.9. The molecule has 0 saturated heterocycles. The van der Waals surface area contributed by atoms with Gasteiger partial charge >= 0.3 is 0 Å². The molecule has 6 heteroatoms. The van der Waals surface area contributed by atoms with Crippen LogP contribution in [0.25, 0.3) is 0 Å². The van der Waals surface area contributed by atoms with E-state index in [-0.39, 0.29) is 0 Å². The molecular formula is C20H27N3O2S. The maximum Gasteiger partial charge on any atom is 0.193 e. The minimum absolute atomic E-state index is 0.466. The number of fused-ring (bicyclic) bond motifs is 1. The van der Waals surface area contributed by atoms with Crippen LogP contribution in [0.3, 0.4) is 0 Å². The number of thiophene rings is 1. The third-order valence-electron chi connectivity index (χ3n) is 4.82. The third kappa shape index (κ3) is 3.96. The quantitative estimate of drug-likeness (QED) is 0.644. The molecule has 0 saturated carbocycles. The van der Waals surface area contributed by atoms with E-state index in [0.717, 1.165) is 43.5 Å². The first-order chi connectivity index (χ1) is 12.7. The van der Waals surface area contributed by atoms with Gasteiger partial charge in [0.1, 0.15) is 0 Å². The lowest BCUT2D eigenvalue weighted by Crippen LogP contribution is -2.45. The molecule has 2 aromatic rings. The summed E-state index contributed by atoms with van der Waals surface area (Å²) in [4.78, 5) is 8.19. The number of nitrogens with one attached hydrogen (secondary N) is 1. The van der Waals surface area contributed by atoms with Crippen molar-refractivity contribution in [1.29, 1.82) is 0 Å². The molecule has 0 fully saturated rings. The molecule has 1 aliphatic rings. The number of nitrogens with zero attached hydrogens (tertiary/aromatic N) is 2. The Morgan fingerprint density at radius 1 is 1.27 bits per heavy atom. The highest BCUT2D eigenvalue weighted by atomic mass is 32.1. The highest BCUT2D eigenvalue weighted by molar-refractivity contribution is 7.10. The lowest BCUT2D eigenvalue weighted by molar-refractivity contribution is 0.345. The van der Waals surface area contributed by atoms with Gasteiger partial charge in [0.05, 0.1) is 14.2 Å². The third-order valence-corrected chi connectivity index (χ3v) is 5.93. The van der Waals surface area contributed by atoms with Gasteiger partial charge in [0.25, 0.3) is 0 Å². The first-order valence-electron chi connectivity index (χ1n) is 8.89. The first-order valence-corrected chi connectivity index (χ1v) is 9.77. The Labute approximate surface area is 159 Å². The second-order valence-electron chi connectivity index (χ2n) is 6.49. The van der Waals surface area contributed by atoms with Crippen molar-refractivity contribution in [3.05, 3.63) is 45.6 Å². The molecule has 26 heavy (non-hydrogen) atoms. The molecule has 1 aromatic carbocycles. The van der Waals surface area contributed by atoms with E-state index >= 15 is 0 Å². The number of aliphatic imine (C=N–C) groups is 1. The Morgan fingerprint density at radius 2 is 2.00 bits per heavy atom. The number of guanidine groups is 1. The van der Waals surface area contributed by atoms with Crippen LogP contribution in [-0.4, -0.2) is 45.2 Å². The molecule has 1 aromatic heterocycles. The maximum absolute atomic E-state index is 5.46. The zero-order chi connectivity index (χ0) is 18.5. The van der Waals surface area contributed by atoms with Gasteiger partial charge in [0.2, 0.25) is 0 Å². The minimum Gasteiger partial charge on any atom is -0.493 e. The summed E-state index contributed by atoms with van der Waals surface area (Å²) >= 11 is 1.80. The van der Waals surface area contributed by atoms with Crippen molar-refractivity contribution >= 4 is 17.3 Å². The molecule has 1 aliphatic heterocycles. The Hall–Kier alpha value is -2.21. The minimum atomic E-state index is 0.466. The molecule has 5 nitrogen and oxygen atoms in total. The predicted molar refractivity (Wildman–Crippen MR) is 108 cm³/mol. The predicted octanol–water partition coefficient (Wildman–Crippen LogP) is 3.50. The Morgan fingerprint density at radius 3 is 2.62 bits per heavy atom. The van der Waals surface area contributed by atoms with Crippen LogP contribution >= 0.6 is 11.3 Å². The molecule has 0 radical (unpaired) electrons. The summed E-state index contributed by atoms with van der Waals surface area (Å²) in [7, 11) is 5.21. The highest BCUT2D eigenvalue weighted by Crippen LogP contribution is 2.33. The molecule has 1 atom stereocenters. The summed E-state index contributed by atoms with van der Waals surface area (Å²) in [5.74, 6) is 3.00. The summed E-state index contributed by atoms with van der Waals surface area (Å²) in [6, 6.07) is 8.48. The lowest BCUT2D eigenvalue weighted by Gasteiger charge is -2.32. The molecule has 0 spiro atoms. The number of ether oxygens (including phenoxy) is 2. The van der Waals surface area contributed by atoms with Crippen molar-refractivity contribution in [2.45, 2.75) is 25.8 Å². The summed E-state index contributed by atoms with van der Waals surface area (Å²) in [5.41, 5.74) is 2.59. The topological polar surface area (TPSA) is 46.1 Å². The second kappa shape index (κ2) is 8.45. The zero-order valence-corrected chi connectivity index (χ0v) is 16.7. The lowest BCUT2D eigenvalue weighted by atomic mass is 9.99. The monoisotopic (exact) mass is 373 g/mol. The van der Waals surface area contributed by atoms with Gasteiger partial charge in [-0.2, -0.15) is 0 Å². The van der Waals surface area contributed by atoms with Gasteiger partial charge in [-0.25, -0.2) is 0 Å². The fourth-order valence-electron chi connectivity index (χ4n) is 3.31. The summed E-state index contributed by atoms with van der Waals surface area (Å²) in [6.07, 6.45) is 0.969. The number of rotatable bonds is 5. The summed E-state index contributed by atoms with van der Waals surface area (Å²) in [6.45, 7) is 4.88.